The fourth-order valence-electron chi connectivity index (χ4n) is 2.89. The molecule has 1 aliphatic heterocycles. The molecule has 5 nitrogen and oxygen atoms in total. The van der Waals surface area contributed by atoms with Gasteiger partial charge >= 0.3 is 0 Å². The predicted octanol–water partition coefficient (Wildman–Crippen LogP) is 2.33. The van der Waals surface area contributed by atoms with Crippen molar-refractivity contribution in [1.29, 1.82) is 0 Å². The Morgan fingerprint density at radius 1 is 1.16 bits per heavy atom. The van der Waals surface area contributed by atoms with Crippen molar-refractivity contribution >= 4 is 5.91 Å². The van der Waals surface area contributed by atoms with Crippen molar-refractivity contribution in [3.63, 3.8) is 0 Å². The van der Waals surface area contributed by atoms with Gasteiger partial charge in [-0.1, -0.05) is 6.07 Å². The highest BCUT2D eigenvalue weighted by Gasteiger charge is 2.24. The standard InChI is InChI=1S/C18H19F2N3O2/c1-25-17-3-2-13(10-15(17)19)12-22-6-8-23(9-7-22)18(24)14-4-5-21-11-16(14)20/h2-5,10-11H,6-9,12H2,1H3. The number of rotatable bonds is 4. The van der Waals surface area contributed by atoms with Crippen LogP contribution >= 0.6 is 0 Å². The summed E-state index contributed by atoms with van der Waals surface area (Å²) in [6.07, 6.45) is 2.45. The normalized spacial score (nSPS) is 15.2. The maximum absolute atomic E-state index is 13.8. The number of nitrogens with zero attached hydrogens (tertiary/aromatic N) is 3. The van der Waals surface area contributed by atoms with Crippen LogP contribution in [0.2, 0.25) is 0 Å². The summed E-state index contributed by atoms with van der Waals surface area (Å²) in [5, 5.41) is 0. The third kappa shape index (κ3) is 3.93. The molecule has 0 aliphatic carbocycles. The van der Waals surface area contributed by atoms with Crippen LogP contribution in [0.3, 0.4) is 0 Å². The highest BCUT2D eigenvalue weighted by molar-refractivity contribution is 5.94. The molecule has 1 aromatic heterocycles. The van der Waals surface area contributed by atoms with Crippen molar-refractivity contribution in [3.05, 3.63) is 59.4 Å². The van der Waals surface area contributed by atoms with E-state index in [0.29, 0.717) is 32.7 Å². The molecule has 3 rings (SSSR count). The Morgan fingerprint density at radius 3 is 2.56 bits per heavy atom. The third-order valence-electron chi connectivity index (χ3n) is 4.28. The molecule has 1 amide bonds. The van der Waals surface area contributed by atoms with Crippen LogP contribution in [0, 0.1) is 11.6 Å². The summed E-state index contributed by atoms with van der Waals surface area (Å²) in [6, 6.07) is 6.29. The number of carbonyl (C=O) groups is 1. The molecule has 132 valence electrons. The van der Waals surface area contributed by atoms with Crippen LogP contribution in [-0.4, -0.2) is 54.0 Å². The fraction of sp³-hybridized carbons (Fsp3) is 0.333. The molecule has 0 unspecified atom stereocenters. The number of hydrogen-bond acceptors (Lipinski definition) is 4. The third-order valence-corrected chi connectivity index (χ3v) is 4.28. The van der Waals surface area contributed by atoms with Gasteiger partial charge in [-0.2, -0.15) is 0 Å². The molecule has 2 aromatic rings. The van der Waals surface area contributed by atoms with Crippen molar-refractivity contribution in [2.24, 2.45) is 0 Å². The van der Waals surface area contributed by atoms with E-state index in [2.05, 4.69) is 9.88 Å². The SMILES string of the molecule is COc1ccc(CN2CCN(C(=O)c3ccncc3F)CC2)cc1F. The number of carbonyl (C=O) groups excluding carboxylic acids is 1. The highest BCUT2D eigenvalue weighted by Crippen LogP contribution is 2.19. The molecular formula is C18H19F2N3O2. The van der Waals surface area contributed by atoms with Crippen molar-refractivity contribution in [2.45, 2.75) is 6.54 Å². The van der Waals surface area contributed by atoms with Gasteiger partial charge in [0.1, 0.15) is 0 Å². The summed E-state index contributed by atoms with van der Waals surface area (Å²) in [6.45, 7) is 2.88. The molecule has 0 radical (unpaired) electrons. The summed E-state index contributed by atoms with van der Waals surface area (Å²) in [5.41, 5.74) is 0.888. The molecule has 0 N–H and O–H groups in total. The number of halogens is 2. The molecule has 1 saturated heterocycles. The first-order chi connectivity index (χ1) is 12.1. The molecule has 0 atom stereocenters. The predicted molar refractivity (Wildman–Crippen MR) is 88.3 cm³/mol. The number of piperazine rings is 1. The molecule has 1 aliphatic rings. The quantitative estimate of drug-likeness (QED) is 0.852. The lowest BCUT2D eigenvalue weighted by Gasteiger charge is -2.34. The number of ether oxygens (including phenoxy) is 1. The molecule has 25 heavy (non-hydrogen) atoms. The van der Waals surface area contributed by atoms with Gasteiger partial charge in [-0.05, 0) is 23.8 Å². The Balaban J connectivity index is 1.58. The van der Waals surface area contributed by atoms with Crippen molar-refractivity contribution in [3.8, 4) is 5.75 Å². The van der Waals surface area contributed by atoms with E-state index in [0.717, 1.165) is 11.8 Å². The summed E-state index contributed by atoms with van der Waals surface area (Å²) in [7, 11) is 1.43. The van der Waals surface area contributed by atoms with Crippen LogP contribution in [0.4, 0.5) is 8.78 Å². The number of pyridine rings is 1. The number of amides is 1. The second-order valence-electron chi connectivity index (χ2n) is 5.89. The van der Waals surface area contributed by atoms with E-state index >= 15 is 0 Å². The first-order valence-corrected chi connectivity index (χ1v) is 8.02. The summed E-state index contributed by atoms with van der Waals surface area (Å²) < 4.78 is 32.4. The minimum atomic E-state index is -0.608. The van der Waals surface area contributed by atoms with Crippen LogP contribution in [0.5, 0.6) is 5.75 Å². The van der Waals surface area contributed by atoms with Gasteiger partial charge in [-0.3, -0.25) is 14.7 Å². The summed E-state index contributed by atoms with van der Waals surface area (Å²) in [4.78, 5) is 19.8. The van der Waals surface area contributed by atoms with Crippen molar-refractivity contribution < 1.29 is 18.3 Å². The lowest BCUT2D eigenvalue weighted by molar-refractivity contribution is 0.0623. The van der Waals surface area contributed by atoms with Gasteiger partial charge in [0.25, 0.3) is 5.91 Å². The zero-order valence-corrected chi connectivity index (χ0v) is 13.9. The average molecular weight is 347 g/mol. The molecule has 0 saturated carbocycles. The minimum Gasteiger partial charge on any atom is -0.494 e. The van der Waals surface area contributed by atoms with Gasteiger partial charge in [0, 0.05) is 38.9 Å². The molecule has 0 bridgehead atoms. The van der Waals surface area contributed by atoms with Crippen LogP contribution in [0.15, 0.2) is 36.7 Å². The first-order valence-electron chi connectivity index (χ1n) is 8.02. The largest absolute Gasteiger partial charge is 0.494 e. The fourth-order valence-corrected chi connectivity index (χ4v) is 2.89. The lowest BCUT2D eigenvalue weighted by atomic mass is 10.1. The summed E-state index contributed by atoms with van der Waals surface area (Å²) >= 11 is 0. The van der Waals surface area contributed by atoms with E-state index in [1.807, 2.05) is 6.07 Å². The smallest absolute Gasteiger partial charge is 0.257 e. The molecule has 1 aromatic carbocycles. The Bertz CT molecular complexity index is 762. The van der Waals surface area contributed by atoms with Crippen molar-refractivity contribution in [1.82, 2.24) is 14.8 Å². The second-order valence-corrected chi connectivity index (χ2v) is 5.89. The maximum atomic E-state index is 13.8. The Labute approximate surface area is 144 Å². The van der Waals surface area contributed by atoms with Gasteiger partial charge < -0.3 is 9.64 Å². The van der Waals surface area contributed by atoms with Gasteiger partial charge in [0.2, 0.25) is 0 Å². The maximum Gasteiger partial charge on any atom is 0.257 e. The number of hydrogen-bond donors (Lipinski definition) is 0. The van der Waals surface area contributed by atoms with Gasteiger partial charge in [0.15, 0.2) is 17.4 Å². The number of aromatic nitrogens is 1. The Hall–Kier alpha value is -2.54. The lowest BCUT2D eigenvalue weighted by Crippen LogP contribution is -2.48. The van der Waals surface area contributed by atoms with E-state index in [4.69, 9.17) is 4.74 Å². The molecule has 2 heterocycles. The van der Waals surface area contributed by atoms with Crippen LogP contribution in [-0.2, 0) is 6.54 Å². The topological polar surface area (TPSA) is 45.7 Å². The van der Waals surface area contributed by atoms with Gasteiger partial charge in [0.05, 0.1) is 18.9 Å². The monoisotopic (exact) mass is 347 g/mol. The van der Waals surface area contributed by atoms with E-state index in [1.165, 1.54) is 25.4 Å². The van der Waals surface area contributed by atoms with Crippen LogP contribution in [0.1, 0.15) is 15.9 Å². The zero-order chi connectivity index (χ0) is 17.8. The molecule has 0 spiro atoms. The second kappa shape index (κ2) is 7.57. The Morgan fingerprint density at radius 2 is 1.92 bits per heavy atom. The van der Waals surface area contributed by atoms with E-state index in [-0.39, 0.29) is 23.0 Å². The first kappa shape index (κ1) is 17.3. The van der Waals surface area contributed by atoms with Crippen molar-refractivity contribution in [2.75, 3.05) is 33.3 Å². The average Bonchev–Trinajstić information content (AvgIpc) is 2.62. The molecule has 7 heteroatoms. The van der Waals surface area contributed by atoms with E-state index in [1.54, 1.807) is 11.0 Å². The van der Waals surface area contributed by atoms with E-state index < -0.39 is 5.82 Å². The zero-order valence-electron chi connectivity index (χ0n) is 13.9. The Kier molecular flexibility index (Phi) is 5.23. The number of benzene rings is 1. The summed E-state index contributed by atoms with van der Waals surface area (Å²) in [5.74, 6) is -1.10. The van der Waals surface area contributed by atoms with Gasteiger partial charge in [-0.25, -0.2) is 8.78 Å². The molecular weight excluding hydrogens is 328 g/mol. The minimum absolute atomic E-state index is 0.0423. The van der Waals surface area contributed by atoms with Gasteiger partial charge in [-0.15, -0.1) is 0 Å². The van der Waals surface area contributed by atoms with E-state index in [9.17, 15) is 13.6 Å². The van der Waals surface area contributed by atoms with Crippen LogP contribution in [0.25, 0.3) is 0 Å². The van der Waals surface area contributed by atoms with Crippen LogP contribution < -0.4 is 4.74 Å². The molecule has 1 fully saturated rings. The highest BCUT2D eigenvalue weighted by atomic mass is 19.1. The number of methoxy groups -OCH3 is 1.